The lowest BCUT2D eigenvalue weighted by molar-refractivity contribution is -0.282. The van der Waals surface area contributed by atoms with Gasteiger partial charge in [0.05, 0.1) is 0 Å². The summed E-state index contributed by atoms with van der Waals surface area (Å²) in [6.07, 6.45) is -7.93. The predicted octanol–water partition coefficient (Wildman–Crippen LogP) is 1.04. The Bertz CT molecular complexity index is 458. The van der Waals surface area contributed by atoms with E-state index >= 15 is 0 Å². The SMILES string of the molecule is NC[C@@H](O)COc1cccc2c1OC(F)(F)C(F)O2. The summed E-state index contributed by atoms with van der Waals surface area (Å²) in [5.41, 5.74) is 5.18. The number of nitrogens with two attached hydrogens (primary N) is 1. The molecule has 0 aliphatic carbocycles. The quantitative estimate of drug-likeness (QED) is 0.861. The van der Waals surface area contributed by atoms with Crippen LogP contribution in [-0.2, 0) is 0 Å². The van der Waals surface area contributed by atoms with Crippen molar-refractivity contribution in [1.82, 2.24) is 0 Å². The van der Waals surface area contributed by atoms with E-state index in [1.807, 2.05) is 0 Å². The van der Waals surface area contributed by atoms with Crippen molar-refractivity contribution >= 4 is 0 Å². The smallest absolute Gasteiger partial charge is 0.468 e. The van der Waals surface area contributed by atoms with Crippen molar-refractivity contribution in [3.8, 4) is 17.2 Å². The molecule has 2 rings (SSSR count). The van der Waals surface area contributed by atoms with Gasteiger partial charge >= 0.3 is 12.5 Å². The second-order valence-corrected chi connectivity index (χ2v) is 3.88. The number of halogens is 3. The van der Waals surface area contributed by atoms with Crippen LogP contribution in [0.1, 0.15) is 0 Å². The second-order valence-electron chi connectivity index (χ2n) is 3.88. The molecule has 0 spiro atoms. The topological polar surface area (TPSA) is 73.9 Å². The predicted molar refractivity (Wildman–Crippen MR) is 58.1 cm³/mol. The lowest BCUT2D eigenvalue weighted by Crippen LogP contribution is -2.43. The first-order chi connectivity index (χ1) is 8.94. The minimum absolute atomic E-state index is 0.0465. The third-order valence-corrected chi connectivity index (χ3v) is 2.38. The molecule has 0 fully saturated rings. The Balaban J connectivity index is 2.21. The van der Waals surface area contributed by atoms with E-state index in [-0.39, 0.29) is 24.7 Å². The van der Waals surface area contributed by atoms with Gasteiger partial charge in [-0.3, -0.25) is 0 Å². The van der Waals surface area contributed by atoms with Crippen molar-refractivity contribution in [2.45, 2.75) is 18.6 Å². The summed E-state index contributed by atoms with van der Waals surface area (Å²) in [5.74, 6) is -0.694. The van der Waals surface area contributed by atoms with Crippen molar-refractivity contribution in [3.05, 3.63) is 18.2 Å². The van der Waals surface area contributed by atoms with Crippen LogP contribution in [0.3, 0.4) is 0 Å². The fraction of sp³-hybridized carbons (Fsp3) is 0.455. The van der Waals surface area contributed by atoms with Gasteiger partial charge in [0.1, 0.15) is 12.7 Å². The van der Waals surface area contributed by atoms with Gasteiger partial charge < -0.3 is 25.1 Å². The third kappa shape index (κ3) is 2.85. The Labute approximate surface area is 106 Å². The number of rotatable bonds is 4. The summed E-state index contributed by atoms with van der Waals surface area (Å²) in [7, 11) is 0. The van der Waals surface area contributed by atoms with E-state index in [2.05, 4.69) is 9.47 Å². The molecule has 8 heteroatoms. The highest BCUT2D eigenvalue weighted by Gasteiger charge is 2.50. The van der Waals surface area contributed by atoms with E-state index < -0.39 is 24.3 Å². The lowest BCUT2D eigenvalue weighted by atomic mass is 10.2. The molecule has 1 heterocycles. The summed E-state index contributed by atoms with van der Waals surface area (Å²) in [6.45, 7) is -0.254. The Kier molecular flexibility index (Phi) is 3.72. The molecule has 2 atom stereocenters. The van der Waals surface area contributed by atoms with E-state index in [9.17, 15) is 18.3 Å². The van der Waals surface area contributed by atoms with Gasteiger partial charge in [-0.2, -0.15) is 13.2 Å². The lowest BCUT2D eigenvalue weighted by Gasteiger charge is -2.29. The minimum Gasteiger partial charge on any atom is -0.487 e. The van der Waals surface area contributed by atoms with Gasteiger partial charge in [0.25, 0.3) is 0 Å². The van der Waals surface area contributed by atoms with Gasteiger partial charge in [0.2, 0.25) is 5.75 Å². The molecular weight excluding hydrogens is 267 g/mol. The van der Waals surface area contributed by atoms with Crippen LogP contribution >= 0.6 is 0 Å². The molecule has 0 bridgehead atoms. The average molecular weight is 279 g/mol. The van der Waals surface area contributed by atoms with Crippen LogP contribution in [0.5, 0.6) is 17.2 Å². The number of benzene rings is 1. The van der Waals surface area contributed by atoms with Crippen LogP contribution in [0.15, 0.2) is 18.2 Å². The summed E-state index contributed by atoms with van der Waals surface area (Å²) < 4.78 is 52.9. The van der Waals surface area contributed by atoms with Gasteiger partial charge in [0.15, 0.2) is 11.5 Å². The first-order valence-electron chi connectivity index (χ1n) is 5.45. The van der Waals surface area contributed by atoms with Crippen LogP contribution in [0.25, 0.3) is 0 Å². The molecule has 1 unspecified atom stereocenters. The van der Waals surface area contributed by atoms with Gasteiger partial charge in [-0.25, -0.2) is 0 Å². The molecule has 0 amide bonds. The Hall–Kier alpha value is -1.67. The van der Waals surface area contributed by atoms with Gasteiger partial charge in [-0.05, 0) is 12.1 Å². The van der Waals surface area contributed by atoms with Crippen molar-refractivity contribution in [2.75, 3.05) is 13.2 Å². The first kappa shape index (κ1) is 13.8. The van der Waals surface area contributed by atoms with Crippen LogP contribution in [-0.4, -0.2) is 36.8 Å². The van der Waals surface area contributed by atoms with Crippen molar-refractivity contribution < 1.29 is 32.5 Å². The van der Waals surface area contributed by atoms with Crippen LogP contribution in [0.2, 0.25) is 0 Å². The second kappa shape index (κ2) is 5.14. The maximum absolute atomic E-state index is 13.1. The standard InChI is InChI=1S/C11H12F3NO4/c12-10-11(13,14)19-9-7(17-5-6(16)4-15)2-1-3-8(9)18-10/h1-3,6,10,16H,4-5,15H2/t6-,10?/m1/s1. The summed E-state index contributed by atoms with van der Waals surface area (Å²) >= 11 is 0. The Morgan fingerprint density at radius 3 is 2.89 bits per heavy atom. The van der Waals surface area contributed by atoms with E-state index in [4.69, 9.17) is 10.5 Å². The third-order valence-electron chi connectivity index (χ3n) is 2.38. The van der Waals surface area contributed by atoms with Crippen molar-refractivity contribution in [2.24, 2.45) is 5.73 Å². The Morgan fingerprint density at radius 1 is 1.47 bits per heavy atom. The Morgan fingerprint density at radius 2 is 2.21 bits per heavy atom. The normalized spacial score (nSPS) is 21.8. The number of hydrogen-bond acceptors (Lipinski definition) is 5. The zero-order valence-corrected chi connectivity index (χ0v) is 9.68. The average Bonchev–Trinajstić information content (AvgIpc) is 2.37. The number of aliphatic hydroxyl groups excluding tert-OH is 1. The largest absolute Gasteiger partial charge is 0.487 e. The summed E-state index contributed by atoms with van der Waals surface area (Å²) in [6, 6.07) is 4.02. The molecule has 1 aliphatic heterocycles. The molecule has 0 radical (unpaired) electrons. The summed E-state index contributed by atoms with van der Waals surface area (Å²) in [5, 5.41) is 9.24. The molecule has 0 saturated heterocycles. The number of fused-ring (bicyclic) bond motifs is 1. The van der Waals surface area contributed by atoms with Crippen molar-refractivity contribution in [3.63, 3.8) is 0 Å². The van der Waals surface area contributed by atoms with Gasteiger partial charge in [-0.1, -0.05) is 6.07 Å². The van der Waals surface area contributed by atoms with E-state index in [0.29, 0.717) is 0 Å². The zero-order chi connectivity index (χ0) is 14.0. The zero-order valence-electron chi connectivity index (χ0n) is 9.68. The molecule has 1 aliphatic rings. The maximum Gasteiger partial charge on any atom is 0.468 e. The highest BCUT2D eigenvalue weighted by Crippen LogP contribution is 2.45. The van der Waals surface area contributed by atoms with E-state index in [0.717, 1.165) is 0 Å². The fourth-order valence-electron chi connectivity index (χ4n) is 1.42. The fourth-order valence-corrected chi connectivity index (χ4v) is 1.42. The maximum atomic E-state index is 13.1. The number of para-hydroxylation sites is 1. The molecule has 1 aromatic rings. The van der Waals surface area contributed by atoms with E-state index in [1.165, 1.54) is 18.2 Å². The number of aliphatic hydroxyl groups is 1. The number of alkyl halides is 3. The molecule has 3 N–H and O–H groups in total. The molecule has 19 heavy (non-hydrogen) atoms. The monoisotopic (exact) mass is 279 g/mol. The number of hydrogen-bond donors (Lipinski definition) is 2. The molecule has 0 aromatic heterocycles. The molecule has 1 aromatic carbocycles. The summed E-state index contributed by atoms with van der Waals surface area (Å²) in [4.78, 5) is 0. The van der Waals surface area contributed by atoms with Gasteiger partial charge in [0, 0.05) is 6.54 Å². The molecule has 106 valence electrons. The first-order valence-corrected chi connectivity index (χ1v) is 5.45. The molecular formula is C11H12F3NO4. The van der Waals surface area contributed by atoms with Crippen LogP contribution < -0.4 is 19.9 Å². The van der Waals surface area contributed by atoms with Gasteiger partial charge in [-0.15, -0.1) is 0 Å². The minimum atomic E-state index is -4.10. The van der Waals surface area contributed by atoms with Crippen LogP contribution in [0, 0.1) is 0 Å². The number of ether oxygens (including phenoxy) is 3. The highest BCUT2D eigenvalue weighted by molar-refractivity contribution is 5.52. The van der Waals surface area contributed by atoms with Crippen molar-refractivity contribution in [1.29, 1.82) is 0 Å². The molecule has 0 saturated carbocycles. The van der Waals surface area contributed by atoms with E-state index in [1.54, 1.807) is 0 Å². The molecule has 5 nitrogen and oxygen atoms in total. The van der Waals surface area contributed by atoms with Crippen LogP contribution in [0.4, 0.5) is 13.2 Å². The highest BCUT2D eigenvalue weighted by atomic mass is 19.3.